The second kappa shape index (κ2) is 9.20. The van der Waals surface area contributed by atoms with Crippen molar-refractivity contribution in [2.24, 2.45) is 5.10 Å². The van der Waals surface area contributed by atoms with Crippen LogP contribution in [0.25, 0.3) is 0 Å². The van der Waals surface area contributed by atoms with Gasteiger partial charge >= 0.3 is 0 Å². The molecule has 0 fully saturated rings. The monoisotopic (exact) mass is 365 g/mol. The summed E-state index contributed by atoms with van der Waals surface area (Å²) in [4.78, 5) is 0. The van der Waals surface area contributed by atoms with E-state index in [0.29, 0.717) is 28.0 Å². The molecule has 0 saturated heterocycles. The van der Waals surface area contributed by atoms with E-state index in [1.165, 1.54) is 6.07 Å². The fourth-order valence-corrected chi connectivity index (χ4v) is 2.31. The highest BCUT2D eigenvalue weighted by Crippen LogP contribution is 2.23. The molecule has 2 aromatic rings. The van der Waals surface area contributed by atoms with Crippen molar-refractivity contribution in [3.63, 3.8) is 0 Å². The number of benzene rings is 2. The van der Waals surface area contributed by atoms with E-state index in [1.54, 1.807) is 24.4 Å². The lowest BCUT2D eigenvalue weighted by atomic mass is 10.2. The maximum absolute atomic E-state index is 13.8. The minimum Gasteiger partial charge on any atom is -0.488 e. The van der Waals surface area contributed by atoms with E-state index >= 15 is 0 Å². The van der Waals surface area contributed by atoms with Crippen LogP contribution in [0.4, 0.5) is 4.39 Å². The Bertz CT molecular complexity index is 719. The Labute approximate surface area is 150 Å². The van der Waals surface area contributed by atoms with E-state index < -0.39 is 5.82 Å². The molecule has 7 heteroatoms. The molecule has 0 aromatic heterocycles. The maximum atomic E-state index is 13.8. The molecule has 2 rings (SSSR count). The molecule has 4 nitrogen and oxygen atoms in total. The second-order valence-corrected chi connectivity index (χ2v) is 5.57. The number of nitrogens with one attached hydrogen (secondary N) is 2. The molecule has 24 heavy (non-hydrogen) atoms. The summed E-state index contributed by atoms with van der Waals surface area (Å²) in [5.41, 5.74) is 3.75. The average molecular weight is 366 g/mol. The van der Waals surface area contributed by atoms with Crippen molar-refractivity contribution in [2.45, 2.75) is 13.5 Å². The highest BCUT2D eigenvalue weighted by molar-refractivity contribution is 7.80. The van der Waals surface area contributed by atoms with Crippen LogP contribution < -0.4 is 15.5 Å². The highest BCUT2D eigenvalue weighted by atomic mass is 35.5. The molecule has 0 saturated carbocycles. The molecule has 0 heterocycles. The molecular formula is C17H17ClFN3OS. The Morgan fingerprint density at radius 2 is 2.08 bits per heavy atom. The number of nitrogens with zero attached hydrogens (tertiary/aromatic N) is 1. The molecule has 2 aromatic carbocycles. The molecule has 2 N–H and O–H groups in total. The van der Waals surface area contributed by atoms with Gasteiger partial charge in [0.05, 0.1) is 11.2 Å². The fraction of sp³-hybridized carbons (Fsp3) is 0.176. The van der Waals surface area contributed by atoms with Crippen LogP contribution in [0.5, 0.6) is 5.75 Å². The maximum Gasteiger partial charge on any atom is 0.186 e. The predicted octanol–water partition coefficient (Wildman–Crippen LogP) is 3.88. The summed E-state index contributed by atoms with van der Waals surface area (Å²) in [6, 6.07) is 11.8. The zero-order valence-corrected chi connectivity index (χ0v) is 14.6. The third-order valence-corrected chi connectivity index (χ3v) is 3.65. The zero-order valence-electron chi connectivity index (χ0n) is 13.1. The fourth-order valence-electron chi connectivity index (χ4n) is 1.90. The molecule has 0 amide bonds. The van der Waals surface area contributed by atoms with Crippen molar-refractivity contribution in [3.05, 3.63) is 64.4 Å². The van der Waals surface area contributed by atoms with Gasteiger partial charge in [0.15, 0.2) is 5.11 Å². The van der Waals surface area contributed by atoms with Crippen molar-refractivity contribution in [3.8, 4) is 5.75 Å². The van der Waals surface area contributed by atoms with Gasteiger partial charge in [-0.2, -0.15) is 5.10 Å². The lowest BCUT2D eigenvalue weighted by molar-refractivity contribution is 0.299. The number of hydrazone groups is 1. The summed E-state index contributed by atoms with van der Waals surface area (Å²) in [5.74, 6) is 0.169. The Kier molecular flexibility index (Phi) is 6.96. The summed E-state index contributed by atoms with van der Waals surface area (Å²) in [5, 5.41) is 7.74. The molecule has 0 unspecified atom stereocenters. The van der Waals surface area contributed by atoms with Crippen molar-refractivity contribution in [1.29, 1.82) is 0 Å². The van der Waals surface area contributed by atoms with Crippen LogP contribution in [0.1, 0.15) is 18.1 Å². The third-order valence-electron chi connectivity index (χ3n) is 3.06. The number of hydrogen-bond donors (Lipinski definition) is 2. The molecule has 0 radical (unpaired) electrons. The predicted molar refractivity (Wildman–Crippen MR) is 99.2 cm³/mol. The van der Waals surface area contributed by atoms with Gasteiger partial charge < -0.3 is 10.1 Å². The molecule has 0 spiro atoms. The average Bonchev–Trinajstić information content (AvgIpc) is 2.56. The van der Waals surface area contributed by atoms with Crippen LogP contribution in [0.15, 0.2) is 47.6 Å². The van der Waals surface area contributed by atoms with Crippen LogP contribution >= 0.6 is 23.8 Å². The summed E-state index contributed by atoms with van der Waals surface area (Å²) >= 11 is 11.0. The second-order valence-electron chi connectivity index (χ2n) is 4.76. The van der Waals surface area contributed by atoms with Crippen LogP contribution in [-0.2, 0) is 6.61 Å². The largest absolute Gasteiger partial charge is 0.488 e. The SMILES string of the molecule is CCNC(=S)NN=Cc1ccccc1OCc1c(F)cccc1Cl. The Morgan fingerprint density at radius 1 is 1.29 bits per heavy atom. The molecule has 0 aliphatic heterocycles. The van der Waals surface area contributed by atoms with E-state index in [1.807, 2.05) is 25.1 Å². The quantitative estimate of drug-likeness (QED) is 0.463. The number of ether oxygens (including phenoxy) is 1. The minimum atomic E-state index is -0.397. The lowest BCUT2D eigenvalue weighted by Crippen LogP contribution is -2.31. The third kappa shape index (κ3) is 5.18. The number of thiocarbonyl (C=S) groups is 1. The van der Waals surface area contributed by atoms with Crippen molar-refractivity contribution in [2.75, 3.05) is 6.54 Å². The van der Waals surface area contributed by atoms with E-state index in [4.69, 9.17) is 28.6 Å². The molecule has 0 atom stereocenters. The Morgan fingerprint density at radius 3 is 2.83 bits per heavy atom. The van der Waals surface area contributed by atoms with Crippen molar-refractivity contribution < 1.29 is 9.13 Å². The van der Waals surface area contributed by atoms with E-state index in [-0.39, 0.29) is 6.61 Å². The van der Waals surface area contributed by atoms with Gasteiger partial charge in [0, 0.05) is 17.7 Å². The van der Waals surface area contributed by atoms with Gasteiger partial charge in [0.25, 0.3) is 0 Å². The molecule has 126 valence electrons. The molecular weight excluding hydrogens is 349 g/mol. The minimum absolute atomic E-state index is 0.0274. The molecule has 0 aliphatic rings. The lowest BCUT2D eigenvalue weighted by Gasteiger charge is -2.11. The van der Waals surface area contributed by atoms with Crippen LogP contribution in [0, 0.1) is 5.82 Å². The highest BCUT2D eigenvalue weighted by Gasteiger charge is 2.09. The zero-order chi connectivity index (χ0) is 17.4. The smallest absolute Gasteiger partial charge is 0.186 e. The number of para-hydroxylation sites is 1. The number of halogens is 2. The van der Waals surface area contributed by atoms with Crippen LogP contribution in [-0.4, -0.2) is 17.9 Å². The first-order valence-electron chi connectivity index (χ1n) is 7.33. The van der Waals surface area contributed by atoms with E-state index in [0.717, 1.165) is 5.56 Å². The number of hydrogen-bond acceptors (Lipinski definition) is 3. The van der Waals surface area contributed by atoms with Gasteiger partial charge in [-0.05, 0) is 43.4 Å². The van der Waals surface area contributed by atoms with Crippen molar-refractivity contribution >= 4 is 35.1 Å². The standard InChI is InChI=1S/C17H17ClFN3OS/c1-2-20-17(24)22-21-10-12-6-3-4-9-16(12)23-11-13-14(18)7-5-8-15(13)19/h3-10H,2,11H2,1H3,(H2,20,22,24). The Balaban J connectivity index is 2.06. The van der Waals surface area contributed by atoms with Gasteiger partial charge in [-0.3, -0.25) is 5.43 Å². The van der Waals surface area contributed by atoms with Gasteiger partial charge in [-0.1, -0.05) is 29.8 Å². The van der Waals surface area contributed by atoms with Crippen LogP contribution in [0.3, 0.4) is 0 Å². The molecule has 0 aliphatic carbocycles. The Hall–Kier alpha value is -2.18. The van der Waals surface area contributed by atoms with Crippen molar-refractivity contribution in [1.82, 2.24) is 10.7 Å². The normalized spacial score (nSPS) is 10.6. The topological polar surface area (TPSA) is 45.7 Å². The first-order valence-corrected chi connectivity index (χ1v) is 8.12. The molecule has 0 bridgehead atoms. The van der Waals surface area contributed by atoms with Gasteiger partial charge in [0.1, 0.15) is 18.2 Å². The van der Waals surface area contributed by atoms with Gasteiger partial charge in [-0.25, -0.2) is 4.39 Å². The summed E-state index contributed by atoms with van der Waals surface area (Å²) in [6.07, 6.45) is 1.59. The van der Waals surface area contributed by atoms with Gasteiger partial charge in [0.2, 0.25) is 0 Å². The summed E-state index contributed by atoms with van der Waals surface area (Å²) < 4.78 is 19.5. The number of rotatable bonds is 6. The van der Waals surface area contributed by atoms with Gasteiger partial charge in [-0.15, -0.1) is 0 Å². The van der Waals surface area contributed by atoms with E-state index in [9.17, 15) is 4.39 Å². The first-order chi connectivity index (χ1) is 11.6. The van der Waals surface area contributed by atoms with E-state index in [2.05, 4.69) is 15.8 Å². The van der Waals surface area contributed by atoms with Crippen LogP contribution in [0.2, 0.25) is 5.02 Å². The summed E-state index contributed by atoms with van der Waals surface area (Å²) in [6.45, 7) is 2.68. The summed E-state index contributed by atoms with van der Waals surface area (Å²) in [7, 11) is 0. The first kappa shape index (κ1) is 18.2.